The van der Waals surface area contributed by atoms with Crippen LogP contribution in [0.5, 0.6) is 0 Å². The average Bonchev–Trinajstić information content (AvgIpc) is 3.26. The summed E-state index contributed by atoms with van der Waals surface area (Å²) >= 11 is 0. The van der Waals surface area contributed by atoms with Crippen molar-refractivity contribution < 1.29 is 9.59 Å². The monoisotopic (exact) mass is 379 g/mol. The highest BCUT2D eigenvalue weighted by Crippen LogP contribution is 2.24. The Labute approximate surface area is 164 Å². The Morgan fingerprint density at radius 2 is 1.68 bits per heavy atom. The Bertz CT molecular complexity index is 982. The molecule has 3 rings (SSSR count). The molecule has 0 saturated carbocycles. The number of amides is 2. The van der Waals surface area contributed by atoms with Gasteiger partial charge in [-0.2, -0.15) is 5.10 Å². The van der Waals surface area contributed by atoms with Crippen LogP contribution in [0, 0.1) is 12.3 Å². The molecular formula is C21H25N5O2. The molecule has 2 aromatic heterocycles. The molecule has 3 N–H and O–H groups in total. The Morgan fingerprint density at radius 1 is 1.07 bits per heavy atom. The molecule has 146 valence electrons. The molecule has 2 amide bonds. The smallest absolute Gasteiger partial charge is 0.272 e. The third kappa shape index (κ3) is 3.69. The zero-order chi connectivity index (χ0) is 20.5. The van der Waals surface area contributed by atoms with Crippen molar-refractivity contribution >= 4 is 11.8 Å². The van der Waals surface area contributed by atoms with Gasteiger partial charge < -0.3 is 15.6 Å². The molecule has 3 aromatic rings. The fourth-order valence-electron chi connectivity index (χ4n) is 3.14. The summed E-state index contributed by atoms with van der Waals surface area (Å²) in [6, 6.07) is 12.6. The van der Waals surface area contributed by atoms with Crippen LogP contribution in [-0.4, -0.2) is 32.2 Å². The summed E-state index contributed by atoms with van der Waals surface area (Å²) in [5.41, 5.74) is 6.78. The zero-order valence-corrected chi connectivity index (χ0v) is 16.5. The van der Waals surface area contributed by atoms with Crippen molar-refractivity contribution in [3.8, 4) is 11.5 Å². The first kappa shape index (κ1) is 19.4. The number of para-hydroxylation sites is 1. The molecule has 0 aliphatic rings. The maximum Gasteiger partial charge on any atom is 0.272 e. The first-order valence-electron chi connectivity index (χ1n) is 9.08. The predicted octanol–water partition coefficient (Wildman–Crippen LogP) is 2.60. The zero-order valence-electron chi connectivity index (χ0n) is 16.5. The van der Waals surface area contributed by atoms with E-state index in [1.807, 2.05) is 87.1 Å². The maximum atomic E-state index is 13.0. The van der Waals surface area contributed by atoms with Gasteiger partial charge in [-0.15, -0.1) is 0 Å². The van der Waals surface area contributed by atoms with E-state index in [2.05, 4.69) is 10.4 Å². The molecule has 0 aliphatic carbocycles. The maximum absolute atomic E-state index is 13.0. The van der Waals surface area contributed by atoms with Crippen molar-refractivity contribution in [3.63, 3.8) is 0 Å². The normalized spacial score (nSPS) is 12.6. The van der Waals surface area contributed by atoms with E-state index < -0.39 is 23.3 Å². The molecule has 7 nitrogen and oxygen atoms in total. The number of primary amides is 1. The standard InChI is InChI=1S/C21H25N5O2/c1-14-16(19(28)23-17(18(22)27)21(2,3)4)24-26(15-10-6-5-7-11-15)20(14)25-12-8-9-13-25/h5-13,17H,1-4H3,(H2,22,27)(H,23,28)/t17-/m1/s1. The molecule has 0 radical (unpaired) electrons. The van der Waals surface area contributed by atoms with Crippen LogP contribution in [0.2, 0.25) is 0 Å². The Balaban J connectivity index is 2.08. The second kappa shape index (κ2) is 7.34. The van der Waals surface area contributed by atoms with Gasteiger partial charge in [-0.05, 0) is 36.6 Å². The molecule has 1 aromatic carbocycles. The summed E-state index contributed by atoms with van der Waals surface area (Å²) in [4.78, 5) is 24.8. The summed E-state index contributed by atoms with van der Waals surface area (Å²) in [5.74, 6) is -0.251. The van der Waals surface area contributed by atoms with Gasteiger partial charge in [0.05, 0.1) is 5.69 Å². The number of rotatable bonds is 5. The minimum atomic E-state index is -0.809. The third-order valence-electron chi connectivity index (χ3n) is 4.58. The first-order chi connectivity index (χ1) is 13.2. The lowest BCUT2D eigenvalue weighted by molar-refractivity contribution is -0.122. The van der Waals surface area contributed by atoms with Crippen molar-refractivity contribution in [1.82, 2.24) is 19.7 Å². The average molecular weight is 379 g/mol. The number of carbonyl (C=O) groups excluding carboxylic acids is 2. The van der Waals surface area contributed by atoms with Crippen molar-refractivity contribution in [2.24, 2.45) is 11.1 Å². The van der Waals surface area contributed by atoms with E-state index in [1.54, 1.807) is 4.68 Å². The van der Waals surface area contributed by atoms with Gasteiger partial charge in [-0.1, -0.05) is 39.0 Å². The molecule has 0 saturated heterocycles. The molecular weight excluding hydrogens is 354 g/mol. The number of nitrogens with zero attached hydrogens (tertiary/aromatic N) is 3. The van der Waals surface area contributed by atoms with E-state index in [-0.39, 0.29) is 5.69 Å². The number of hydrogen-bond acceptors (Lipinski definition) is 3. The number of carbonyl (C=O) groups is 2. The van der Waals surface area contributed by atoms with Crippen LogP contribution in [0.3, 0.4) is 0 Å². The highest BCUT2D eigenvalue weighted by molar-refractivity contribution is 5.97. The van der Waals surface area contributed by atoms with Crippen LogP contribution in [0.1, 0.15) is 36.8 Å². The van der Waals surface area contributed by atoms with Gasteiger partial charge in [-0.25, -0.2) is 4.68 Å². The second-order valence-electron chi connectivity index (χ2n) is 7.81. The predicted molar refractivity (Wildman–Crippen MR) is 108 cm³/mol. The molecule has 7 heteroatoms. The van der Waals surface area contributed by atoms with Gasteiger partial charge in [0.25, 0.3) is 5.91 Å². The largest absolute Gasteiger partial charge is 0.368 e. The molecule has 0 unspecified atom stereocenters. The van der Waals surface area contributed by atoms with E-state index in [9.17, 15) is 9.59 Å². The molecule has 28 heavy (non-hydrogen) atoms. The third-order valence-corrected chi connectivity index (χ3v) is 4.58. The fraction of sp³-hybridized carbons (Fsp3) is 0.286. The van der Waals surface area contributed by atoms with Crippen molar-refractivity contribution in [2.45, 2.75) is 33.7 Å². The fourth-order valence-corrected chi connectivity index (χ4v) is 3.14. The van der Waals surface area contributed by atoms with Crippen LogP contribution in [0.25, 0.3) is 11.5 Å². The minimum Gasteiger partial charge on any atom is -0.368 e. The van der Waals surface area contributed by atoms with E-state index in [0.717, 1.165) is 11.5 Å². The van der Waals surface area contributed by atoms with Crippen LogP contribution in [0.15, 0.2) is 54.9 Å². The minimum absolute atomic E-state index is 0.253. The number of hydrogen-bond donors (Lipinski definition) is 2. The van der Waals surface area contributed by atoms with Crippen molar-refractivity contribution in [2.75, 3.05) is 0 Å². The summed E-state index contributed by atoms with van der Waals surface area (Å²) in [7, 11) is 0. The second-order valence-corrected chi connectivity index (χ2v) is 7.81. The highest BCUT2D eigenvalue weighted by atomic mass is 16.2. The van der Waals surface area contributed by atoms with Gasteiger partial charge in [0, 0.05) is 18.0 Å². The number of nitrogens with two attached hydrogens (primary N) is 1. The number of aromatic nitrogens is 3. The van der Waals surface area contributed by atoms with E-state index in [1.165, 1.54) is 0 Å². The van der Waals surface area contributed by atoms with E-state index in [4.69, 9.17) is 5.73 Å². The van der Waals surface area contributed by atoms with Crippen LogP contribution in [-0.2, 0) is 4.79 Å². The molecule has 1 atom stereocenters. The topological polar surface area (TPSA) is 94.9 Å². The Morgan fingerprint density at radius 3 is 2.21 bits per heavy atom. The number of nitrogens with one attached hydrogen (secondary N) is 1. The first-order valence-corrected chi connectivity index (χ1v) is 9.08. The Hall–Kier alpha value is -3.35. The summed E-state index contributed by atoms with van der Waals surface area (Å²) in [6.45, 7) is 7.39. The van der Waals surface area contributed by atoms with Crippen LogP contribution < -0.4 is 11.1 Å². The Kier molecular flexibility index (Phi) is 5.09. The molecule has 0 aliphatic heterocycles. The summed E-state index contributed by atoms with van der Waals surface area (Å²) in [6.07, 6.45) is 3.79. The van der Waals surface area contributed by atoms with Gasteiger partial charge >= 0.3 is 0 Å². The van der Waals surface area contributed by atoms with Gasteiger partial charge in [-0.3, -0.25) is 9.59 Å². The summed E-state index contributed by atoms with van der Waals surface area (Å²) in [5, 5.41) is 7.31. The molecule has 0 fully saturated rings. The van der Waals surface area contributed by atoms with Crippen molar-refractivity contribution in [1.29, 1.82) is 0 Å². The quantitative estimate of drug-likeness (QED) is 0.713. The molecule has 0 bridgehead atoms. The molecule has 0 spiro atoms. The lowest BCUT2D eigenvalue weighted by Crippen LogP contribution is -2.52. The van der Waals surface area contributed by atoms with Gasteiger partial charge in [0.2, 0.25) is 5.91 Å². The van der Waals surface area contributed by atoms with Crippen LogP contribution in [0.4, 0.5) is 0 Å². The highest BCUT2D eigenvalue weighted by Gasteiger charge is 2.33. The molecule has 2 heterocycles. The lowest BCUT2D eigenvalue weighted by atomic mass is 9.86. The SMILES string of the molecule is Cc1c(C(=O)N[C@H](C(N)=O)C(C)(C)C)nn(-c2ccccc2)c1-n1cccc1. The van der Waals surface area contributed by atoms with Gasteiger partial charge in [0.1, 0.15) is 11.9 Å². The number of benzene rings is 1. The van der Waals surface area contributed by atoms with Crippen LogP contribution >= 0.6 is 0 Å². The van der Waals surface area contributed by atoms with E-state index in [0.29, 0.717) is 5.56 Å². The van der Waals surface area contributed by atoms with Gasteiger partial charge in [0.15, 0.2) is 5.69 Å². The summed E-state index contributed by atoms with van der Waals surface area (Å²) < 4.78 is 3.63. The lowest BCUT2D eigenvalue weighted by Gasteiger charge is -2.28. The van der Waals surface area contributed by atoms with Crippen molar-refractivity contribution in [3.05, 3.63) is 66.1 Å². The van der Waals surface area contributed by atoms with E-state index >= 15 is 0 Å².